The van der Waals surface area contributed by atoms with Gasteiger partial charge in [0, 0.05) is 18.6 Å². The van der Waals surface area contributed by atoms with Crippen molar-refractivity contribution < 1.29 is 33.0 Å². The predicted octanol–water partition coefficient (Wildman–Crippen LogP) is 6.12. The highest BCUT2D eigenvalue weighted by Crippen LogP contribution is 2.50. The number of ether oxygens (including phenoxy) is 2. The minimum atomic E-state index is -2.52. The van der Waals surface area contributed by atoms with Gasteiger partial charge in [-0.2, -0.15) is 0 Å². The van der Waals surface area contributed by atoms with Gasteiger partial charge in [-0.05, 0) is 82.6 Å². The van der Waals surface area contributed by atoms with E-state index in [1.165, 1.54) is 0 Å². The summed E-state index contributed by atoms with van der Waals surface area (Å²) in [7, 11) is 0. The van der Waals surface area contributed by atoms with Crippen molar-refractivity contribution in [3.8, 4) is 11.8 Å². The molecule has 1 unspecified atom stereocenters. The molecule has 208 valence electrons. The first-order valence-electron chi connectivity index (χ1n) is 14.0. The lowest BCUT2D eigenvalue weighted by molar-refractivity contribution is -0.124. The lowest BCUT2D eigenvalue weighted by Gasteiger charge is -2.39. The van der Waals surface area contributed by atoms with Gasteiger partial charge in [-0.25, -0.2) is 13.6 Å². The second-order valence-corrected chi connectivity index (χ2v) is 12.6. The lowest BCUT2D eigenvalue weighted by Crippen LogP contribution is -2.47. The fraction of sp³-hybridized carbons (Fsp3) is 0.724. The summed E-state index contributed by atoms with van der Waals surface area (Å²) in [6.07, 6.45) is 5.91. The number of rotatable bonds is 7. The second kappa shape index (κ2) is 11.6. The molecule has 1 aliphatic heterocycles. The van der Waals surface area contributed by atoms with Crippen molar-refractivity contribution in [1.29, 1.82) is 0 Å². The van der Waals surface area contributed by atoms with Crippen molar-refractivity contribution in [1.82, 2.24) is 0 Å². The molecule has 0 radical (unpaired) electrons. The maximum Gasteiger partial charge on any atom is 0.348 e. The molecule has 1 aromatic heterocycles. The molecule has 1 N–H and O–H groups in total. The number of carboxylic acids is 1. The molecule has 3 saturated carbocycles. The van der Waals surface area contributed by atoms with Gasteiger partial charge in [0.05, 0.1) is 34.8 Å². The lowest BCUT2D eigenvalue weighted by atomic mass is 9.81. The Hall–Kier alpha value is -2.02. The van der Waals surface area contributed by atoms with Crippen LogP contribution in [0.3, 0.4) is 0 Å². The molecular weight excluding hydrogens is 512 g/mol. The molecule has 6 nitrogen and oxygen atoms in total. The molecule has 9 heteroatoms. The average molecular weight is 550 g/mol. The topological polar surface area (TPSA) is 76.1 Å². The number of carbonyl (C=O) groups excluding carboxylic acids is 1. The van der Waals surface area contributed by atoms with E-state index in [0.717, 1.165) is 75.7 Å². The van der Waals surface area contributed by atoms with Crippen molar-refractivity contribution in [2.45, 2.75) is 102 Å². The zero-order chi connectivity index (χ0) is 26.9. The molecule has 4 fully saturated rings. The zero-order valence-corrected chi connectivity index (χ0v) is 22.7. The van der Waals surface area contributed by atoms with Crippen LogP contribution in [-0.4, -0.2) is 54.9 Å². The van der Waals surface area contributed by atoms with Crippen molar-refractivity contribution in [2.24, 2.45) is 17.3 Å². The summed E-state index contributed by atoms with van der Waals surface area (Å²) >= 11 is 0.976. The molecule has 0 aromatic carbocycles. The fourth-order valence-corrected chi connectivity index (χ4v) is 6.87. The highest BCUT2D eigenvalue weighted by atomic mass is 32.1. The molecule has 2 heterocycles. The van der Waals surface area contributed by atoms with Gasteiger partial charge in [0.25, 0.3) is 6.43 Å². The SMILES string of the molecule is CC1CCC(C(=O)N(c2cc(C#CC3(C(F)F)CC3)sc2C(=O)O)C2CCC(OC3CCOC3)CC2)CC1. The molecule has 5 rings (SSSR count). The van der Waals surface area contributed by atoms with Gasteiger partial charge in [0.1, 0.15) is 4.88 Å². The quantitative estimate of drug-likeness (QED) is 0.415. The van der Waals surface area contributed by atoms with E-state index in [4.69, 9.17) is 9.47 Å². The Kier molecular flexibility index (Phi) is 8.42. The molecule has 4 aliphatic rings. The van der Waals surface area contributed by atoms with Gasteiger partial charge >= 0.3 is 5.97 Å². The third-order valence-corrected chi connectivity index (χ3v) is 9.72. The van der Waals surface area contributed by atoms with E-state index in [9.17, 15) is 23.5 Å². The number of hydrogen-bond acceptors (Lipinski definition) is 5. The number of hydrogen-bond donors (Lipinski definition) is 1. The Balaban J connectivity index is 1.40. The largest absolute Gasteiger partial charge is 0.477 e. The predicted molar refractivity (Wildman–Crippen MR) is 141 cm³/mol. The molecular formula is C29H37F2NO5S. The molecule has 0 spiro atoms. The Morgan fingerprint density at radius 2 is 1.82 bits per heavy atom. The number of thiophene rings is 1. The standard InChI is InChI=1S/C29H37F2NO5S/c1-18-2-4-19(5-3-18)26(33)32(20-6-8-21(9-7-20)37-22-11-15-36-17-22)24-16-23(38-25(24)27(34)35)10-12-29(13-14-29)28(30)31/h16,18-22,28H,2-9,11,13-15,17H2,1H3,(H,34,35). The maximum atomic E-state index is 14.0. The summed E-state index contributed by atoms with van der Waals surface area (Å²) < 4.78 is 38.5. The molecule has 3 aliphatic carbocycles. The summed E-state index contributed by atoms with van der Waals surface area (Å²) in [4.78, 5) is 28.5. The maximum absolute atomic E-state index is 14.0. The summed E-state index contributed by atoms with van der Waals surface area (Å²) in [6, 6.07) is 1.51. The van der Waals surface area contributed by atoms with Gasteiger partial charge in [-0.3, -0.25) is 4.79 Å². The Labute approximate surface area is 227 Å². The third-order valence-electron chi connectivity index (χ3n) is 8.69. The minimum Gasteiger partial charge on any atom is -0.477 e. The normalized spacial score (nSPS) is 30.5. The summed E-state index contributed by atoms with van der Waals surface area (Å²) in [5.74, 6) is 4.84. The van der Waals surface area contributed by atoms with Crippen LogP contribution in [0, 0.1) is 29.1 Å². The van der Waals surface area contributed by atoms with Gasteiger partial charge in [-0.15, -0.1) is 11.3 Å². The molecule has 38 heavy (non-hydrogen) atoms. The molecule has 1 aromatic rings. The number of alkyl halides is 2. The van der Waals surface area contributed by atoms with E-state index in [1.54, 1.807) is 11.0 Å². The summed E-state index contributed by atoms with van der Waals surface area (Å²) in [6.45, 7) is 3.55. The molecule has 1 saturated heterocycles. The van der Waals surface area contributed by atoms with E-state index >= 15 is 0 Å². The Bertz CT molecular complexity index is 1070. The van der Waals surface area contributed by atoms with Gasteiger partial charge in [-0.1, -0.05) is 18.8 Å². The molecule has 1 amide bonds. The van der Waals surface area contributed by atoms with Crippen LogP contribution in [0.1, 0.15) is 92.1 Å². The van der Waals surface area contributed by atoms with E-state index in [-0.39, 0.29) is 35.0 Å². The first kappa shape index (κ1) is 27.5. The Morgan fingerprint density at radius 3 is 2.39 bits per heavy atom. The number of anilines is 1. The minimum absolute atomic E-state index is 0.0171. The van der Waals surface area contributed by atoms with E-state index in [1.807, 2.05) is 0 Å². The first-order chi connectivity index (χ1) is 18.3. The molecule has 0 bridgehead atoms. The monoisotopic (exact) mass is 549 g/mol. The number of amides is 1. The number of nitrogens with zero attached hydrogens (tertiary/aromatic N) is 1. The van der Waals surface area contributed by atoms with Crippen LogP contribution in [0.25, 0.3) is 0 Å². The van der Waals surface area contributed by atoms with Crippen LogP contribution in [0.15, 0.2) is 6.07 Å². The number of carbonyl (C=O) groups is 2. The van der Waals surface area contributed by atoms with Crippen LogP contribution in [0.4, 0.5) is 14.5 Å². The Morgan fingerprint density at radius 1 is 1.11 bits per heavy atom. The van der Waals surface area contributed by atoms with Crippen LogP contribution >= 0.6 is 11.3 Å². The van der Waals surface area contributed by atoms with Crippen molar-refractivity contribution >= 4 is 28.9 Å². The first-order valence-corrected chi connectivity index (χ1v) is 14.8. The van der Waals surface area contributed by atoms with Gasteiger partial charge in [0.15, 0.2) is 0 Å². The van der Waals surface area contributed by atoms with E-state index in [2.05, 4.69) is 18.8 Å². The summed E-state index contributed by atoms with van der Waals surface area (Å²) in [5, 5.41) is 10.1. The van der Waals surface area contributed by atoms with E-state index in [0.29, 0.717) is 35.9 Å². The summed E-state index contributed by atoms with van der Waals surface area (Å²) in [5.41, 5.74) is -0.907. The van der Waals surface area contributed by atoms with Gasteiger partial charge < -0.3 is 19.5 Å². The zero-order valence-electron chi connectivity index (χ0n) is 21.9. The number of aromatic carboxylic acids is 1. The highest BCUT2D eigenvalue weighted by Gasteiger charge is 2.50. The highest BCUT2D eigenvalue weighted by molar-refractivity contribution is 7.15. The van der Waals surface area contributed by atoms with Crippen molar-refractivity contribution in [3.05, 3.63) is 15.8 Å². The van der Waals surface area contributed by atoms with Crippen molar-refractivity contribution in [3.63, 3.8) is 0 Å². The van der Waals surface area contributed by atoms with Crippen LogP contribution in [0.2, 0.25) is 0 Å². The average Bonchev–Trinajstić information content (AvgIpc) is 3.31. The number of carboxylic acid groups (broad SMARTS) is 1. The second-order valence-electron chi connectivity index (χ2n) is 11.6. The number of halogens is 2. The van der Waals surface area contributed by atoms with Crippen LogP contribution in [-0.2, 0) is 14.3 Å². The van der Waals surface area contributed by atoms with Crippen LogP contribution < -0.4 is 4.90 Å². The third kappa shape index (κ3) is 6.08. The smallest absolute Gasteiger partial charge is 0.348 e. The van der Waals surface area contributed by atoms with E-state index < -0.39 is 17.8 Å². The van der Waals surface area contributed by atoms with Gasteiger partial charge in [0.2, 0.25) is 5.91 Å². The van der Waals surface area contributed by atoms with Crippen LogP contribution in [0.5, 0.6) is 0 Å². The van der Waals surface area contributed by atoms with Crippen molar-refractivity contribution in [2.75, 3.05) is 18.1 Å². The fourth-order valence-electron chi connectivity index (χ4n) is 6.02. The molecule has 1 atom stereocenters.